The van der Waals surface area contributed by atoms with Crippen molar-refractivity contribution in [3.8, 4) is 0 Å². The summed E-state index contributed by atoms with van der Waals surface area (Å²) in [6, 6.07) is 5.71. The van der Waals surface area contributed by atoms with Crippen molar-refractivity contribution in [1.82, 2.24) is 4.31 Å². The van der Waals surface area contributed by atoms with E-state index in [4.69, 9.17) is 0 Å². The molecule has 124 valence electrons. The summed E-state index contributed by atoms with van der Waals surface area (Å²) in [5.41, 5.74) is 1.50. The standard InChI is InChI=1S/C18H29NO2S/c1-14-9-10-16(15(13-14)17(2,3)4)22(20,21)19-12-8-7-11-18(19,5)6/h9-10,13H,7-8,11-12H2,1-6H3. The lowest BCUT2D eigenvalue weighted by molar-refractivity contribution is 0.169. The molecule has 1 aliphatic heterocycles. The van der Waals surface area contributed by atoms with Gasteiger partial charge in [0.1, 0.15) is 0 Å². The van der Waals surface area contributed by atoms with Gasteiger partial charge in [0.15, 0.2) is 0 Å². The van der Waals surface area contributed by atoms with Crippen LogP contribution in [0.15, 0.2) is 23.1 Å². The molecule has 1 aromatic carbocycles. The minimum atomic E-state index is -3.47. The number of sulfonamides is 1. The average molecular weight is 324 g/mol. The zero-order valence-corrected chi connectivity index (χ0v) is 15.5. The van der Waals surface area contributed by atoms with E-state index in [9.17, 15) is 8.42 Å². The predicted octanol–water partition coefficient (Wildman–Crippen LogP) is 4.25. The minimum Gasteiger partial charge on any atom is -0.207 e. The van der Waals surface area contributed by atoms with E-state index in [0.29, 0.717) is 11.4 Å². The molecule has 0 saturated carbocycles. The van der Waals surface area contributed by atoms with Crippen molar-refractivity contribution in [2.75, 3.05) is 6.54 Å². The van der Waals surface area contributed by atoms with Crippen LogP contribution in [0.2, 0.25) is 0 Å². The van der Waals surface area contributed by atoms with Gasteiger partial charge in [-0.2, -0.15) is 4.31 Å². The zero-order chi connectivity index (χ0) is 16.8. The Labute approximate surface area is 135 Å². The van der Waals surface area contributed by atoms with Crippen molar-refractivity contribution in [2.24, 2.45) is 0 Å². The van der Waals surface area contributed by atoms with Crippen molar-refractivity contribution in [1.29, 1.82) is 0 Å². The Morgan fingerprint density at radius 3 is 2.32 bits per heavy atom. The van der Waals surface area contributed by atoms with Gasteiger partial charge in [-0.3, -0.25) is 0 Å². The molecule has 1 heterocycles. The Morgan fingerprint density at radius 1 is 1.14 bits per heavy atom. The van der Waals surface area contributed by atoms with Gasteiger partial charge in [-0.1, -0.05) is 44.9 Å². The molecule has 1 saturated heterocycles. The lowest BCUT2D eigenvalue weighted by Gasteiger charge is -2.42. The number of benzene rings is 1. The molecular weight excluding hydrogens is 294 g/mol. The van der Waals surface area contributed by atoms with Crippen molar-refractivity contribution in [2.45, 2.75) is 76.7 Å². The van der Waals surface area contributed by atoms with E-state index < -0.39 is 10.0 Å². The van der Waals surface area contributed by atoms with Crippen molar-refractivity contribution < 1.29 is 8.42 Å². The molecule has 0 amide bonds. The molecule has 0 radical (unpaired) electrons. The fraction of sp³-hybridized carbons (Fsp3) is 0.667. The highest BCUT2D eigenvalue weighted by molar-refractivity contribution is 7.89. The average Bonchev–Trinajstić information content (AvgIpc) is 2.36. The Kier molecular flexibility index (Phi) is 4.48. The van der Waals surface area contributed by atoms with Crippen LogP contribution >= 0.6 is 0 Å². The van der Waals surface area contributed by atoms with Crippen LogP contribution in [0.4, 0.5) is 0 Å². The van der Waals surface area contributed by atoms with Crippen LogP contribution in [0.25, 0.3) is 0 Å². The van der Waals surface area contributed by atoms with Crippen molar-refractivity contribution in [3.05, 3.63) is 29.3 Å². The quantitative estimate of drug-likeness (QED) is 0.816. The van der Waals surface area contributed by atoms with Gasteiger partial charge >= 0.3 is 0 Å². The van der Waals surface area contributed by atoms with Gasteiger partial charge in [-0.25, -0.2) is 8.42 Å². The van der Waals surface area contributed by atoms with Gasteiger partial charge in [0.25, 0.3) is 0 Å². The summed E-state index contributed by atoms with van der Waals surface area (Å²) in [7, 11) is -3.47. The first-order chi connectivity index (χ1) is 9.96. The van der Waals surface area contributed by atoms with Crippen LogP contribution in [0.1, 0.15) is 65.0 Å². The van der Waals surface area contributed by atoms with Crippen LogP contribution in [0, 0.1) is 6.92 Å². The number of hydrogen-bond donors (Lipinski definition) is 0. The van der Waals surface area contributed by atoms with E-state index >= 15 is 0 Å². The first-order valence-electron chi connectivity index (χ1n) is 8.10. The highest BCUT2D eigenvalue weighted by Crippen LogP contribution is 2.37. The van der Waals surface area contributed by atoms with Gasteiger partial charge in [-0.15, -0.1) is 0 Å². The maximum Gasteiger partial charge on any atom is 0.243 e. The summed E-state index contributed by atoms with van der Waals surface area (Å²) in [4.78, 5) is 0.473. The van der Waals surface area contributed by atoms with Gasteiger partial charge in [-0.05, 0) is 50.7 Å². The van der Waals surface area contributed by atoms with E-state index in [1.54, 1.807) is 10.4 Å². The fourth-order valence-corrected chi connectivity index (χ4v) is 5.49. The van der Waals surface area contributed by atoms with Gasteiger partial charge < -0.3 is 0 Å². The van der Waals surface area contributed by atoms with Crippen LogP contribution in [0.3, 0.4) is 0 Å². The summed E-state index contributed by atoms with van der Waals surface area (Å²) in [5.74, 6) is 0. The number of piperidine rings is 1. The van der Waals surface area contributed by atoms with E-state index in [2.05, 4.69) is 20.8 Å². The third kappa shape index (κ3) is 3.23. The molecular formula is C18H29NO2S. The van der Waals surface area contributed by atoms with Gasteiger partial charge in [0.05, 0.1) is 4.90 Å². The Morgan fingerprint density at radius 2 is 1.77 bits per heavy atom. The maximum atomic E-state index is 13.3. The Bertz CT molecular complexity index is 654. The smallest absolute Gasteiger partial charge is 0.207 e. The molecule has 3 nitrogen and oxygen atoms in total. The van der Waals surface area contributed by atoms with E-state index in [1.165, 1.54) is 0 Å². The van der Waals surface area contributed by atoms with Gasteiger partial charge in [0, 0.05) is 12.1 Å². The summed E-state index contributed by atoms with van der Waals surface area (Å²) >= 11 is 0. The lowest BCUT2D eigenvalue weighted by atomic mass is 9.86. The van der Waals surface area contributed by atoms with Crippen LogP contribution in [-0.4, -0.2) is 24.8 Å². The zero-order valence-electron chi connectivity index (χ0n) is 14.7. The van der Waals surface area contributed by atoms with E-state index in [-0.39, 0.29) is 11.0 Å². The number of nitrogens with zero attached hydrogens (tertiary/aromatic N) is 1. The van der Waals surface area contributed by atoms with Crippen LogP contribution in [0.5, 0.6) is 0 Å². The molecule has 0 N–H and O–H groups in total. The molecule has 0 atom stereocenters. The Hall–Kier alpha value is -0.870. The van der Waals surface area contributed by atoms with Crippen LogP contribution < -0.4 is 0 Å². The number of aryl methyl sites for hydroxylation is 1. The SMILES string of the molecule is Cc1ccc(S(=O)(=O)N2CCCCC2(C)C)c(C(C)(C)C)c1. The van der Waals surface area contributed by atoms with Crippen molar-refractivity contribution in [3.63, 3.8) is 0 Å². The molecule has 0 aromatic heterocycles. The Balaban J connectivity index is 2.60. The fourth-order valence-electron chi connectivity index (χ4n) is 3.26. The molecule has 0 aliphatic carbocycles. The monoisotopic (exact) mass is 323 g/mol. The number of rotatable bonds is 2. The second kappa shape index (κ2) is 5.64. The lowest BCUT2D eigenvalue weighted by Crippen LogP contribution is -2.50. The summed E-state index contributed by atoms with van der Waals surface area (Å²) in [5, 5.41) is 0. The molecule has 1 aromatic rings. The minimum absolute atomic E-state index is 0.200. The largest absolute Gasteiger partial charge is 0.243 e. The molecule has 22 heavy (non-hydrogen) atoms. The maximum absolute atomic E-state index is 13.3. The summed E-state index contributed by atoms with van der Waals surface area (Å²) in [6.45, 7) is 12.9. The highest BCUT2D eigenvalue weighted by atomic mass is 32.2. The molecule has 0 bridgehead atoms. The van der Waals surface area contributed by atoms with E-state index in [0.717, 1.165) is 30.4 Å². The normalized spacial score (nSPS) is 20.1. The number of hydrogen-bond acceptors (Lipinski definition) is 2. The molecule has 0 spiro atoms. The third-order valence-corrected chi connectivity index (χ3v) is 6.75. The second-order valence-corrected chi connectivity index (χ2v) is 9.93. The second-order valence-electron chi connectivity index (χ2n) is 8.10. The molecule has 2 rings (SSSR count). The third-order valence-electron chi connectivity index (χ3n) is 4.59. The van der Waals surface area contributed by atoms with Crippen molar-refractivity contribution >= 4 is 10.0 Å². The summed E-state index contributed by atoms with van der Waals surface area (Å²) in [6.07, 6.45) is 2.96. The van der Waals surface area contributed by atoms with Gasteiger partial charge in [0.2, 0.25) is 10.0 Å². The van der Waals surface area contributed by atoms with E-state index in [1.807, 2.05) is 32.9 Å². The summed E-state index contributed by atoms with van der Waals surface area (Å²) < 4.78 is 28.3. The van der Waals surface area contributed by atoms with Crippen LogP contribution in [-0.2, 0) is 15.4 Å². The highest BCUT2D eigenvalue weighted by Gasteiger charge is 2.40. The first-order valence-corrected chi connectivity index (χ1v) is 9.54. The first kappa shape index (κ1) is 17.5. The molecule has 0 unspecified atom stereocenters. The molecule has 1 aliphatic rings. The predicted molar refractivity (Wildman–Crippen MR) is 91.7 cm³/mol. The molecule has 1 fully saturated rings. The molecule has 4 heteroatoms. The topological polar surface area (TPSA) is 37.4 Å².